The van der Waals surface area contributed by atoms with Crippen LogP contribution in [0.4, 0.5) is 5.69 Å². The van der Waals surface area contributed by atoms with Crippen molar-refractivity contribution in [2.45, 2.75) is 13.5 Å². The molecular weight excluding hydrogens is 503 g/mol. The van der Waals surface area contributed by atoms with Crippen LogP contribution >= 0.6 is 23.2 Å². The number of fused-ring (bicyclic) bond motifs is 1. The predicted octanol–water partition coefficient (Wildman–Crippen LogP) is 4.90. The van der Waals surface area contributed by atoms with Gasteiger partial charge in [0.15, 0.2) is 0 Å². The van der Waals surface area contributed by atoms with Gasteiger partial charge in [-0.1, -0.05) is 53.5 Å². The lowest BCUT2D eigenvalue weighted by Gasteiger charge is -2.14. The fraction of sp³-hybridized carbons (Fsp3) is 0.115. The van der Waals surface area contributed by atoms with Gasteiger partial charge in [0.1, 0.15) is 17.0 Å². The summed E-state index contributed by atoms with van der Waals surface area (Å²) in [6.07, 6.45) is 0. The summed E-state index contributed by atoms with van der Waals surface area (Å²) in [6, 6.07) is 18.8. The summed E-state index contributed by atoms with van der Waals surface area (Å²) in [4.78, 5) is 38.5. The Labute approximate surface area is 217 Å². The van der Waals surface area contributed by atoms with Crippen molar-refractivity contribution in [3.8, 4) is 5.75 Å². The minimum Gasteiger partial charge on any atom is -0.494 e. The van der Waals surface area contributed by atoms with E-state index in [2.05, 4.69) is 16.1 Å². The van der Waals surface area contributed by atoms with Crippen LogP contribution < -0.4 is 20.8 Å². The molecule has 0 saturated heterocycles. The Morgan fingerprint density at radius 1 is 0.944 bits per heavy atom. The minimum atomic E-state index is -0.959. The van der Waals surface area contributed by atoms with Gasteiger partial charge in [0.05, 0.1) is 7.11 Å². The maximum atomic E-state index is 13.2. The number of aryl methyl sites for hydroxylation is 1. The van der Waals surface area contributed by atoms with Crippen molar-refractivity contribution in [2.75, 3.05) is 17.9 Å². The minimum absolute atomic E-state index is 0.0880. The van der Waals surface area contributed by atoms with E-state index in [1.54, 1.807) is 66.7 Å². The lowest BCUT2D eigenvalue weighted by molar-refractivity contribution is -0.136. The van der Waals surface area contributed by atoms with E-state index in [0.29, 0.717) is 32.4 Å². The smallest absolute Gasteiger partial charge is 0.328 e. The number of methoxy groups -OCH3 is 1. The van der Waals surface area contributed by atoms with E-state index in [1.807, 2.05) is 6.92 Å². The van der Waals surface area contributed by atoms with Crippen LogP contribution in [-0.2, 0) is 16.1 Å². The van der Waals surface area contributed by atoms with Gasteiger partial charge in [0.2, 0.25) is 0 Å². The lowest BCUT2D eigenvalue weighted by atomic mass is 10.2. The van der Waals surface area contributed by atoms with E-state index in [1.165, 1.54) is 11.8 Å². The lowest BCUT2D eigenvalue weighted by Crippen LogP contribution is -2.39. The summed E-state index contributed by atoms with van der Waals surface area (Å²) >= 11 is 12.1. The molecule has 1 aromatic heterocycles. The Morgan fingerprint density at radius 3 is 2.39 bits per heavy atom. The van der Waals surface area contributed by atoms with E-state index >= 15 is 0 Å². The van der Waals surface area contributed by atoms with E-state index in [-0.39, 0.29) is 12.2 Å². The third-order valence-electron chi connectivity index (χ3n) is 5.46. The van der Waals surface area contributed by atoms with E-state index < -0.39 is 17.7 Å². The van der Waals surface area contributed by atoms with Gasteiger partial charge in [0, 0.05) is 27.7 Å². The van der Waals surface area contributed by atoms with Crippen molar-refractivity contribution in [1.29, 1.82) is 0 Å². The highest BCUT2D eigenvalue weighted by Gasteiger charge is 2.23. The molecule has 0 saturated carbocycles. The molecule has 1 heterocycles. The number of hydrogen-bond donors (Lipinski definition) is 3. The summed E-state index contributed by atoms with van der Waals surface area (Å²) < 4.78 is 6.67. The van der Waals surface area contributed by atoms with Crippen molar-refractivity contribution in [2.24, 2.45) is 0 Å². The monoisotopic (exact) mass is 524 g/mol. The molecule has 0 aliphatic rings. The third-order valence-corrected chi connectivity index (χ3v) is 6.11. The second-order valence-electron chi connectivity index (χ2n) is 7.93. The van der Waals surface area contributed by atoms with Crippen molar-refractivity contribution in [3.63, 3.8) is 0 Å². The highest BCUT2D eigenvalue weighted by molar-refractivity contribution is 6.38. The molecule has 3 aromatic carbocycles. The first-order valence-electron chi connectivity index (χ1n) is 10.9. The van der Waals surface area contributed by atoms with Crippen LogP contribution in [0.15, 0.2) is 66.7 Å². The first-order valence-corrected chi connectivity index (χ1v) is 11.6. The zero-order valence-electron chi connectivity index (χ0n) is 19.4. The SMILES string of the molecule is COc1cccc2cc(C(=O)Nc3ccc(C)c(Cl)c3)n(NC(=O)C(=O)NCc3ccc(Cl)cc3)c12. The molecule has 0 radical (unpaired) electrons. The van der Waals surface area contributed by atoms with Gasteiger partial charge in [-0.25, -0.2) is 4.68 Å². The zero-order chi connectivity index (χ0) is 25.8. The van der Waals surface area contributed by atoms with Crippen molar-refractivity contribution < 1.29 is 19.1 Å². The third kappa shape index (κ3) is 5.45. The van der Waals surface area contributed by atoms with Crippen LogP contribution in [0.1, 0.15) is 21.6 Å². The highest BCUT2D eigenvalue weighted by atomic mass is 35.5. The Bertz CT molecular complexity index is 1470. The molecule has 0 unspecified atom stereocenters. The van der Waals surface area contributed by atoms with Crippen molar-refractivity contribution in [1.82, 2.24) is 9.99 Å². The summed E-state index contributed by atoms with van der Waals surface area (Å²) in [7, 11) is 1.47. The van der Waals surface area contributed by atoms with Gasteiger partial charge in [-0.15, -0.1) is 0 Å². The molecule has 0 atom stereocenters. The topological polar surface area (TPSA) is 101 Å². The number of rotatable bonds is 6. The Kier molecular flexibility index (Phi) is 7.47. The Balaban J connectivity index is 1.60. The molecule has 10 heteroatoms. The van der Waals surface area contributed by atoms with Gasteiger partial charge in [0.25, 0.3) is 5.91 Å². The number of hydrogen-bond acceptors (Lipinski definition) is 4. The number of nitrogens with zero attached hydrogens (tertiary/aromatic N) is 1. The van der Waals surface area contributed by atoms with Crippen LogP contribution in [0.2, 0.25) is 10.0 Å². The molecule has 3 N–H and O–H groups in total. The Morgan fingerprint density at radius 2 is 1.69 bits per heavy atom. The van der Waals surface area contributed by atoms with Crippen LogP contribution in [0.3, 0.4) is 0 Å². The van der Waals surface area contributed by atoms with Gasteiger partial charge in [-0.05, 0) is 54.4 Å². The van der Waals surface area contributed by atoms with Gasteiger partial charge in [-0.3, -0.25) is 19.8 Å². The molecule has 4 aromatic rings. The maximum Gasteiger partial charge on any atom is 0.328 e. The van der Waals surface area contributed by atoms with Crippen LogP contribution in [-0.4, -0.2) is 29.5 Å². The molecule has 4 rings (SSSR count). The Hall–Kier alpha value is -4.01. The number of para-hydroxylation sites is 1. The molecule has 3 amide bonds. The number of aromatic nitrogens is 1. The number of benzene rings is 3. The molecule has 0 bridgehead atoms. The van der Waals surface area contributed by atoms with Gasteiger partial charge in [-0.2, -0.15) is 0 Å². The average Bonchev–Trinajstić information content (AvgIpc) is 3.24. The molecule has 36 heavy (non-hydrogen) atoms. The van der Waals surface area contributed by atoms with E-state index in [4.69, 9.17) is 27.9 Å². The summed E-state index contributed by atoms with van der Waals surface area (Å²) in [6.45, 7) is 1.98. The number of carbonyl (C=O) groups is 3. The molecule has 0 aliphatic carbocycles. The first kappa shape index (κ1) is 25.1. The largest absolute Gasteiger partial charge is 0.494 e. The molecule has 184 valence electrons. The molecule has 0 aliphatic heterocycles. The fourth-order valence-corrected chi connectivity index (χ4v) is 3.86. The summed E-state index contributed by atoms with van der Waals surface area (Å²) in [5.41, 5.74) is 5.14. The number of amides is 3. The normalized spacial score (nSPS) is 10.7. The van der Waals surface area contributed by atoms with Crippen molar-refractivity contribution in [3.05, 3.63) is 93.6 Å². The molecule has 0 spiro atoms. The second kappa shape index (κ2) is 10.7. The zero-order valence-corrected chi connectivity index (χ0v) is 20.9. The number of anilines is 1. The van der Waals surface area contributed by atoms with Gasteiger partial charge < -0.3 is 15.4 Å². The maximum absolute atomic E-state index is 13.2. The van der Waals surface area contributed by atoms with E-state index in [9.17, 15) is 14.4 Å². The number of ether oxygens (including phenoxy) is 1. The molecule has 8 nitrogen and oxygen atoms in total. The van der Waals surface area contributed by atoms with Crippen LogP contribution in [0.5, 0.6) is 5.75 Å². The number of carbonyl (C=O) groups excluding carboxylic acids is 3. The standard InChI is InChI=1S/C26H22Cl2N4O4/c1-15-6-11-19(13-20(15)28)30-24(33)21-12-17-4-3-5-22(36-2)23(17)32(21)31-26(35)25(34)29-14-16-7-9-18(27)10-8-16/h3-13H,14H2,1-2H3,(H,29,34)(H,30,33)(H,31,35). The average molecular weight is 525 g/mol. The number of nitrogens with one attached hydrogen (secondary N) is 3. The van der Waals surface area contributed by atoms with E-state index in [0.717, 1.165) is 11.1 Å². The molecular formula is C26H22Cl2N4O4. The fourth-order valence-electron chi connectivity index (χ4n) is 3.56. The molecule has 0 fully saturated rings. The van der Waals surface area contributed by atoms with Crippen LogP contribution in [0.25, 0.3) is 10.9 Å². The number of halogens is 2. The first-order chi connectivity index (χ1) is 17.3. The van der Waals surface area contributed by atoms with Crippen molar-refractivity contribution >= 4 is 57.5 Å². The predicted molar refractivity (Wildman–Crippen MR) is 140 cm³/mol. The van der Waals surface area contributed by atoms with Gasteiger partial charge >= 0.3 is 11.8 Å². The summed E-state index contributed by atoms with van der Waals surface area (Å²) in [5.74, 6) is -1.94. The van der Waals surface area contributed by atoms with Crippen LogP contribution in [0, 0.1) is 6.92 Å². The quantitative estimate of drug-likeness (QED) is 0.312. The second-order valence-corrected chi connectivity index (χ2v) is 8.77. The summed E-state index contributed by atoms with van der Waals surface area (Å²) in [5, 5.41) is 7.02. The highest BCUT2D eigenvalue weighted by Crippen LogP contribution is 2.29.